The number of ketones is 1. The van der Waals surface area contributed by atoms with Gasteiger partial charge in [0.2, 0.25) is 5.60 Å². The van der Waals surface area contributed by atoms with Crippen molar-refractivity contribution in [3.05, 3.63) is 47.7 Å². The van der Waals surface area contributed by atoms with Gasteiger partial charge in [-0.15, -0.1) is 23.2 Å². The van der Waals surface area contributed by atoms with Crippen LogP contribution in [0.15, 0.2) is 47.3 Å². The number of oxime groups is 1. The van der Waals surface area contributed by atoms with E-state index in [-0.39, 0.29) is 42.4 Å². The van der Waals surface area contributed by atoms with Gasteiger partial charge in [0.25, 0.3) is 11.8 Å². The molecule has 2 aliphatic heterocycles. The first-order chi connectivity index (χ1) is 23.9. The molecular weight excluding hydrogens is 689 g/mol. The van der Waals surface area contributed by atoms with Gasteiger partial charge in [0, 0.05) is 29.5 Å². The molecule has 0 spiro atoms. The van der Waals surface area contributed by atoms with Crippen molar-refractivity contribution in [1.82, 2.24) is 10.6 Å². The highest BCUT2D eigenvalue weighted by Gasteiger charge is 2.50. The van der Waals surface area contributed by atoms with E-state index in [9.17, 15) is 29.1 Å². The maximum Gasteiger partial charge on any atom is 0.312 e. The number of ether oxygens (including phenoxy) is 2. The van der Waals surface area contributed by atoms with E-state index in [0.29, 0.717) is 18.6 Å². The van der Waals surface area contributed by atoms with Crippen molar-refractivity contribution < 1.29 is 43.4 Å². The molecule has 12 nitrogen and oxygen atoms in total. The summed E-state index contributed by atoms with van der Waals surface area (Å²) in [4.78, 5) is 71.4. The first kappa shape index (κ1) is 37.6. The number of halogens is 2. The van der Waals surface area contributed by atoms with E-state index in [4.69, 9.17) is 37.5 Å². The summed E-state index contributed by atoms with van der Waals surface area (Å²) in [6, 6.07) is 6.87. The molecule has 0 saturated heterocycles. The zero-order chi connectivity index (χ0) is 36.0. The van der Waals surface area contributed by atoms with Gasteiger partial charge >= 0.3 is 11.9 Å². The van der Waals surface area contributed by atoms with Crippen molar-refractivity contribution in [3.63, 3.8) is 0 Å². The predicted molar refractivity (Wildman–Crippen MR) is 184 cm³/mol. The second kappa shape index (κ2) is 16.6. The van der Waals surface area contributed by atoms with Gasteiger partial charge in [-0.25, -0.2) is 0 Å². The average molecular weight is 735 g/mol. The lowest BCUT2D eigenvalue weighted by atomic mass is 9.84. The third-order valence-electron chi connectivity index (χ3n) is 9.92. The van der Waals surface area contributed by atoms with E-state index in [1.807, 2.05) is 26.0 Å². The van der Waals surface area contributed by atoms with Crippen LogP contribution >= 0.6 is 23.2 Å². The maximum absolute atomic E-state index is 14.1. The standard InChI is InChI=1S/C36H45Cl2N3O9/c1-20(2)32(40-33(45)29-15-22-11-6-7-14-28(22)49-29)26-18-36(50-41-26,17-21-9-4-3-5-10-21)35(47)39-25(16-30(43)44)27(42)19-48-34(46)31-23(37)12-8-13-24(31)38/h3-5,9-10,15,20,22-25,28,31-32H,6-8,11-14,16-19H2,1-2H3,(H,39,47)(H,40,45)(H,43,44)/t22?,23?,24?,25-,28?,31?,32-,36?/m0/s1. The van der Waals surface area contributed by atoms with Crippen LogP contribution in [0.4, 0.5) is 0 Å². The third kappa shape index (κ3) is 8.98. The Kier molecular flexibility index (Phi) is 12.5. The number of rotatable bonds is 14. The molecule has 2 heterocycles. The molecule has 0 bridgehead atoms. The van der Waals surface area contributed by atoms with Crippen LogP contribution in [0.3, 0.4) is 0 Å². The van der Waals surface area contributed by atoms with Crippen LogP contribution in [0.2, 0.25) is 0 Å². The zero-order valence-electron chi connectivity index (χ0n) is 28.3. The lowest BCUT2D eigenvalue weighted by molar-refractivity contribution is -0.154. The Balaban J connectivity index is 1.30. The fraction of sp³-hybridized carbons (Fsp3) is 0.611. The van der Waals surface area contributed by atoms with Crippen molar-refractivity contribution in [2.45, 2.75) is 113 Å². The van der Waals surface area contributed by atoms with E-state index in [2.05, 4.69) is 15.8 Å². The highest BCUT2D eigenvalue weighted by molar-refractivity contribution is 6.26. The number of esters is 1. The van der Waals surface area contributed by atoms with Crippen molar-refractivity contribution in [1.29, 1.82) is 0 Å². The fourth-order valence-corrected chi connectivity index (χ4v) is 8.11. The minimum absolute atomic E-state index is 0.00287. The molecule has 2 amide bonds. The van der Waals surface area contributed by atoms with Gasteiger partial charge in [0.05, 0.1) is 24.1 Å². The second-order valence-corrected chi connectivity index (χ2v) is 15.1. The van der Waals surface area contributed by atoms with E-state index < -0.39 is 71.0 Å². The minimum Gasteiger partial charge on any atom is -0.484 e. The Morgan fingerprint density at radius 1 is 1.00 bits per heavy atom. The molecule has 4 aliphatic rings. The topological polar surface area (TPSA) is 170 Å². The highest BCUT2D eigenvalue weighted by atomic mass is 35.5. The number of amides is 2. The molecular formula is C36H45Cl2N3O9. The Bertz CT molecular complexity index is 1490. The molecule has 2 saturated carbocycles. The average Bonchev–Trinajstić information content (AvgIpc) is 3.71. The molecule has 14 heteroatoms. The van der Waals surface area contributed by atoms with Gasteiger partial charge in [0.15, 0.2) is 18.1 Å². The molecule has 3 N–H and O–H groups in total. The van der Waals surface area contributed by atoms with Crippen LogP contribution in [-0.2, 0) is 44.7 Å². The highest BCUT2D eigenvalue weighted by Crippen LogP contribution is 2.36. The second-order valence-electron chi connectivity index (χ2n) is 14.0. The lowest BCUT2D eigenvalue weighted by Gasteiger charge is -2.30. The number of benzene rings is 1. The van der Waals surface area contributed by atoms with Gasteiger partial charge in [0.1, 0.15) is 12.1 Å². The minimum atomic E-state index is -1.68. The van der Waals surface area contributed by atoms with Gasteiger partial charge in [-0.05, 0) is 49.7 Å². The quantitative estimate of drug-likeness (QED) is 0.185. The summed E-state index contributed by atoms with van der Waals surface area (Å²) in [5.41, 5.74) is -0.547. The van der Waals surface area contributed by atoms with Crippen LogP contribution in [0.5, 0.6) is 0 Å². The zero-order valence-corrected chi connectivity index (χ0v) is 29.8. The number of carbonyl (C=O) groups is 5. The maximum atomic E-state index is 14.1. The number of carboxylic acid groups (broad SMARTS) is 1. The van der Waals surface area contributed by atoms with Crippen LogP contribution in [0.1, 0.15) is 77.2 Å². The summed E-state index contributed by atoms with van der Waals surface area (Å²) in [5, 5.41) is 18.4. The molecule has 50 heavy (non-hydrogen) atoms. The number of nitrogens with zero attached hydrogens (tertiary/aromatic N) is 1. The summed E-state index contributed by atoms with van der Waals surface area (Å²) >= 11 is 12.6. The summed E-state index contributed by atoms with van der Waals surface area (Å²) in [5.74, 6) is -4.56. The van der Waals surface area contributed by atoms with Crippen molar-refractivity contribution in [2.24, 2.45) is 22.9 Å². The van der Waals surface area contributed by atoms with Gasteiger partial charge < -0.3 is 30.1 Å². The first-order valence-electron chi connectivity index (χ1n) is 17.4. The Morgan fingerprint density at radius 2 is 1.70 bits per heavy atom. The molecule has 2 aliphatic carbocycles. The number of fused-ring (bicyclic) bond motifs is 1. The Morgan fingerprint density at radius 3 is 2.36 bits per heavy atom. The molecule has 7 atom stereocenters. The summed E-state index contributed by atoms with van der Waals surface area (Å²) in [6.07, 6.45) is 7.03. The number of Topliss-reactive ketones (excluding diaryl/α,β-unsaturated/α-hetero) is 1. The van der Waals surface area contributed by atoms with Crippen molar-refractivity contribution >= 4 is 58.4 Å². The summed E-state index contributed by atoms with van der Waals surface area (Å²) in [6.45, 7) is 3.03. The molecule has 0 radical (unpaired) electrons. The largest absolute Gasteiger partial charge is 0.484 e. The Hall–Kier alpha value is -3.64. The number of aliphatic carboxylic acids is 1. The van der Waals surface area contributed by atoms with E-state index in [1.54, 1.807) is 24.3 Å². The van der Waals surface area contributed by atoms with E-state index in [1.165, 1.54) is 0 Å². The monoisotopic (exact) mass is 733 g/mol. The fourth-order valence-electron chi connectivity index (χ4n) is 7.17. The van der Waals surface area contributed by atoms with Crippen molar-refractivity contribution in [3.8, 4) is 0 Å². The number of alkyl halides is 2. The molecule has 0 aromatic heterocycles. The van der Waals surface area contributed by atoms with Gasteiger partial charge in [-0.2, -0.15) is 0 Å². The number of carboxylic acids is 1. The molecule has 1 aromatic rings. The van der Waals surface area contributed by atoms with Crippen molar-refractivity contribution in [2.75, 3.05) is 6.61 Å². The van der Waals surface area contributed by atoms with Gasteiger partial charge in [-0.1, -0.05) is 62.2 Å². The van der Waals surface area contributed by atoms with Crippen LogP contribution in [-0.4, -0.2) is 81.5 Å². The number of nitrogens with one attached hydrogen (secondary N) is 2. The molecule has 5 unspecified atom stereocenters. The summed E-state index contributed by atoms with van der Waals surface area (Å²) < 4.78 is 11.2. The van der Waals surface area contributed by atoms with Crippen LogP contribution in [0.25, 0.3) is 0 Å². The first-order valence-corrected chi connectivity index (χ1v) is 18.2. The molecule has 2 fully saturated rings. The number of carbonyl (C=O) groups excluding carboxylic acids is 4. The van der Waals surface area contributed by atoms with Crippen LogP contribution < -0.4 is 10.6 Å². The SMILES string of the molecule is CC(C)[C@H](NC(=O)C1=CC2CCCCC2O1)C1=NOC(Cc2ccccc2)(C(=O)N[C@@H](CC(=O)O)C(=O)COC(=O)C2C(Cl)CCCC2Cl)C1. The van der Waals surface area contributed by atoms with E-state index >= 15 is 0 Å². The summed E-state index contributed by atoms with van der Waals surface area (Å²) in [7, 11) is 0. The normalized spacial score (nSPS) is 28.5. The number of hydrogen-bond acceptors (Lipinski definition) is 9. The van der Waals surface area contributed by atoms with Crippen LogP contribution in [0, 0.1) is 17.8 Å². The number of hydrogen-bond donors (Lipinski definition) is 3. The van der Waals surface area contributed by atoms with E-state index in [0.717, 1.165) is 37.7 Å². The molecule has 272 valence electrons. The smallest absolute Gasteiger partial charge is 0.312 e. The lowest BCUT2D eigenvalue weighted by Crippen LogP contribution is -2.55. The Labute approximate surface area is 301 Å². The third-order valence-corrected chi connectivity index (χ3v) is 10.9. The molecule has 1 aromatic carbocycles. The molecule has 5 rings (SSSR count). The predicted octanol–water partition coefficient (Wildman–Crippen LogP) is 4.44. The van der Waals surface area contributed by atoms with Gasteiger partial charge in [-0.3, -0.25) is 24.0 Å².